The van der Waals surface area contributed by atoms with Crippen LogP contribution in [-0.2, 0) is 0 Å². The zero-order valence-corrected chi connectivity index (χ0v) is 8.86. The van der Waals surface area contributed by atoms with Gasteiger partial charge in [0.05, 0.1) is 11.3 Å². The van der Waals surface area contributed by atoms with Gasteiger partial charge in [-0.15, -0.1) is 0 Å². The molecule has 1 aromatic rings. The minimum absolute atomic E-state index is 0.583. The highest BCUT2D eigenvalue weighted by molar-refractivity contribution is 5.57. The molecule has 1 heterocycles. The number of pyridine rings is 1. The Kier molecular flexibility index (Phi) is 3.47. The Bertz CT molecular complexity index is 339. The first kappa shape index (κ1) is 10.5. The first-order valence-electron chi connectivity index (χ1n) is 4.70. The van der Waals surface area contributed by atoms with Crippen molar-refractivity contribution in [3.05, 3.63) is 24.0 Å². The molecular formula is C11H15N3. The molecule has 14 heavy (non-hydrogen) atoms. The quantitative estimate of drug-likeness (QED) is 0.730. The monoisotopic (exact) mass is 189 g/mol. The number of aromatic nitrogens is 1. The molecule has 0 aliphatic rings. The van der Waals surface area contributed by atoms with E-state index in [0.29, 0.717) is 11.5 Å². The van der Waals surface area contributed by atoms with E-state index in [0.717, 1.165) is 12.2 Å². The third kappa shape index (κ3) is 2.46. The van der Waals surface area contributed by atoms with Gasteiger partial charge in [0.1, 0.15) is 6.07 Å². The normalized spacial score (nSPS) is 9.93. The summed E-state index contributed by atoms with van der Waals surface area (Å²) in [5.74, 6) is 0.583. The van der Waals surface area contributed by atoms with Gasteiger partial charge in [-0.1, -0.05) is 13.8 Å². The molecule has 74 valence electrons. The molecule has 0 unspecified atom stereocenters. The molecule has 0 fully saturated rings. The van der Waals surface area contributed by atoms with Crippen LogP contribution in [0.4, 0.5) is 5.69 Å². The SMILES string of the molecule is CC(C)CN(C)c1ccncc1C#N. The first-order valence-corrected chi connectivity index (χ1v) is 4.70. The number of rotatable bonds is 3. The second kappa shape index (κ2) is 4.61. The lowest BCUT2D eigenvalue weighted by Crippen LogP contribution is -2.23. The summed E-state index contributed by atoms with van der Waals surface area (Å²) >= 11 is 0. The zero-order valence-electron chi connectivity index (χ0n) is 8.86. The van der Waals surface area contributed by atoms with Crippen molar-refractivity contribution in [1.82, 2.24) is 4.98 Å². The standard InChI is InChI=1S/C11H15N3/c1-9(2)8-14(3)11-4-5-13-7-10(11)6-12/h4-5,7,9H,8H2,1-3H3. The molecule has 0 radical (unpaired) electrons. The van der Waals surface area contributed by atoms with Crippen LogP contribution in [0.5, 0.6) is 0 Å². The molecule has 0 aliphatic heterocycles. The Morgan fingerprint density at radius 1 is 1.57 bits per heavy atom. The second-order valence-corrected chi connectivity index (χ2v) is 3.78. The predicted octanol–water partition coefficient (Wildman–Crippen LogP) is 2.05. The molecular weight excluding hydrogens is 174 g/mol. The van der Waals surface area contributed by atoms with E-state index >= 15 is 0 Å². The van der Waals surface area contributed by atoms with Crippen LogP contribution in [0.3, 0.4) is 0 Å². The molecule has 0 aromatic carbocycles. The van der Waals surface area contributed by atoms with Gasteiger partial charge in [0.25, 0.3) is 0 Å². The average Bonchev–Trinajstić information content (AvgIpc) is 2.16. The van der Waals surface area contributed by atoms with Crippen molar-refractivity contribution < 1.29 is 0 Å². The lowest BCUT2D eigenvalue weighted by atomic mass is 10.2. The van der Waals surface area contributed by atoms with E-state index in [1.165, 1.54) is 0 Å². The van der Waals surface area contributed by atoms with Gasteiger partial charge in [-0.3, -0.25) is 4.98 Å². The summed E-state index contributed by atoms with van der Waals surface area (Å²) in [4.78, 5) is 6.02. The highest BCUT2D eigenvalue weighted by Crippen LogP contribution is 2.17. The van der Waals surface area contributed by atoms with Crippen LogP contribution >= 0.6 is 0 Å². The van der Waals surface area contributed by atoms with Crippen molar-refractivity contribution in [2.75, 3.05) is 18.5 Å². The molecule has 0 saturated heterocycles. The van der Waals surface area contributed by atoms with E-state index in [4.69, 9.17) is 5.26 Å². The third-order valence-electron chi connectivity index (χ3n) is 1.97. The fourth-order valence-corrected chi connectivity index (χ4v) is 1.45. The van der Waals surface area contributed by atoms with Crippen molar-refractivity contribution >= 4 is 5.69 Å². The summed E-state index contributed by atoms with van der Waals surface area (Å²) < 4.78 is 0. The molecule has 0 amide bonds. The summed E-state index contributed by atoms with van der Waals surface area (Å²) in [6.07, 6.45) is 3.32. The third-order valence-corrected chi connectivity index (χ3v) is 1.97. The summed E-state index contributed by atoms with van der Waals surface area (Å²) in [5, 5.41) is 8.88. The van der Waals surface area contributed by atoms with Gasteiger partial charge in [0, 0.05) is 26.0 Å². The molecule has 1 aromatic heterocycles. The molecule has 0 atom stereocenters. The molecule has 0 aliphatic carbocycles. The Labute approximate surface area is 85.0 Å². The molecule has 1 rings (SSSR count). The van der Waals surface area contributed by atoms with Crippen LogP contribution < -0.4 is 4.90 Å². The first-order chi connectivity index (χ1) is 6.65. The lowest BCUT2D eigenvalue weighted by Gasteiger charge is -2.21. The number of nitriles is 1. The largest absolute Gasteiger partial charge is 0.373 e. The van der Waals surface area contributed by atoms with Crippen LogP contribution in [0.2, 0.25) is 0 Å². The van der Waals surface area contributed by atoms with Gasteiger partial charge < -0.3 is 4.90 Å². The van der Waals surface area contributed by atoms with Crippen LogP contribution in [0, 0.1) is 17.2 Å². The van der Waals surface area contributed by atoms with E-state index < -0.39 is 0 Å². The highest BCUT2D eigenvalue weighted by Gasteiger charge is 2.07. The smallest absolute Gasteiger partial charge is 0.103 e. The van der Waals surface area contributed by atoms with Gasteiger partial charge in [-0.25, -0.2) is 0 Å². The second-order valence-electron chi connectivity index (χ2n) is 3.78. The highest BCUT2D eigenvalue weighted by atomic mass is 15.1. The number of anilines is 1. The predicted molar refractivity (Wildman–Crippen MR) is 57.1 cm³/mol. The van der Waals surface area contributed by atoms with Crippen molar-refractivity contribution in [1.29, 1.82) is 5.26 Å². The van der Waals surface area contributed by atoms with Crippen molar-refractivity contribution in [3.8, 4) is 6.07 Å². The Balaban J connectivity index is 2.89. The Morgan fingerprint density at radius 3 is 2.86 bits per heavy atom. The van der Waals surface area contributed by atoms with Crippen molar-refractivity contribution in [3.63, 3.8) is 0 Å². The summed E-state index contributed by atoms with van der Waals surface area (Å²) in [7, 11) is 2.00. The van der Waals surface area contributed by atoms with Crippen LogP contribution in [0.25, 0.3) is 0 Å². The minimum Gasteiger partial charge on any atom is -0.373 e. The van der Waals surface area contributed by atoms with Gasteiger partial charge in [0.2, 0.25) is 0 Å². The molecule has 0 saturated carbocycles. The van der Waals surface area contributed by atoms with Gasteiger partial charge in [-0.05, 0) is 12.0 Å². The molecule has 0 N–H and O–H groups in total. The topological polar surface area (TPSA) is 39.9 Å². The van der Waals surface area contributed by atoms with Crippen LogP contribution in [0.15, 0.2) is 18.5 Å². The van der Waals surface area contributed by atoms with E-state index in [9.17, 15) is 0 Å². The number of hydrogen-bond acceptors (Lipinski definition) is 3. The number of hydrogen-bond donors (Lipinski definition) is 0. The summed E-state index contributed by atoms with van der Waals surface area (Å²) in [6, 6.07) is 4.02. The fraction of sp³-hybridized carbons (Fsp3) is 0.455. The Hall–Kier alpha value is -1.56. The summed E-state index contributed by atoms with van der Waals surface area (Å²) in [5.41, 5.74) is 1.59. The van der Waals surface area contributed by atoms with E-state index in [1.54, 1.807) is 12.4 Å². The maximum Gasteiger partial charge on any atom is 0.103 e. The van der Waals surface area contributed by atoms with Gasteiger partial charge in [-0.2, -0.15) is 5.26 Å². The number of nitrogens with zero attached hydrogens (tertiary/aromatic N) is 3. The minimum atomic E-state index is 0.583. The van der Waals surface area contributed by atoms with Gasteiger partial charge >= 0.3 is 0 Å². The molecule has 3 nitrogen and oxygen atoms in total. The maximum atomic E-state index is 8.88. The van der Waals surface area contributed by atoms with Crippen LogP contribution in [-0.4, -0.2) is 18.6 Å². The van der Waals surface area contributed by atoms with E-state index in [2.05, 4.69) is 29.8 Å². The van der Waals surface area contributed by atoms with Crippen molar-refractivity contribution in [2.24, 2.45) is 5.92 Å². The molecule has 0 spiro atoms. The Morgan fingerprint density at radius 2 is 2.29 bits per heavy atom. The summed E-state index contributed by atoms with van der Waals surface area (Å²) in [6.45, 7) is 5.26. The van der Waals surface area contributed by atoms with Gasteiger partial charge in [0.15, 0.2) is 0 Å². The van der Waals surface area contributed by atoms with Crippen molar-refractivity contribution in [2.45, 2.75) is 13.8 Å². The maximum absolute atomic E-state index is 8.88. The fourth-order valence-electron chi connectivity index (χ4n) is 1.45. The lowest BCUT2D eigenvalue weighted by molar-refractivity contribution is 0.638. The average molecular weight is 189 g/mol. The van der Waals surface area contributed by atoms with E-state index in [-0.39, 0.29) is 0 Å². The molecule has 0 bridgehead atoms. The van der Waals surface area contributed by atoms with Crippen LogP contribution in [0.1, 0.15) is 19.4 Å². The van der Waals surface area contributed by atoms with E-state index in [1.807, 2.05) is 13.1 Å². The molecule has 3 heteroatoms. The zero-order chi connectivity index (χ0) is 10.6.